The molecule has 3 aromatic carbocycles. The molecular weight excluding hydrogens is 684 g/mol. The van der Waals surface area contributed by atoms with Gasteiger partial charge < -0.3 is 34.8 Å². The van der Waals surface area contributed by atoms with E-state index >= 15 is 0 Å². The van der Waals surface area contributed by atoms with Crippen molar-refractivity contribution in [2.24, 2.45) is 5.92 Å². The molecular formula is C43H50N4O7. The number of amides is 2. The number of ether oxygens (including phenoxy) is 2. The third-order valence-corrected chi connectivity index (χ3v) is 12.8. The average molecular weight is 735 g/mol. The number of likely N-dealkylation sites (tertiary alicyclic amines) is 1. The van der Waals surface area contributed by atoms with Crippen LogP contribution in [0.25, 0.3) is 0 Å². The predicted molar refractivity (Wildman–Crippen MR) is 202 cm³/mol. The lowest BCUT2D eigenvalue weighted by Crippen LogP contribution is -2.64. The van der Waals surface area contributed by atoms with Crippen molar-refractivity contribution in [3.8, 4) is 17.2 Å². The number of aromatic hydroxyl groups is 1. The number of fused-ring (bicyclic) bond motifs is 1. The van der Waals surface area contributed by atoms with E-state index in [4.69, 9.17) is 9.47 Å². The fourth-order valence-electron chi connectivity index (χ4n) is 10.0. The molecule has 3 aliphatic heterocycles. The quantitative estimate of drug-likeness (QED) is 0.172. The molecule has 2 aliphatic carbocycles. The Hall–Kier alpha value is -4.71. The molecule has 3 aromatic rings. The molecule has 0 radical (unpaired) electrons. The summed E-state index contributed by atoms with van der Waals surface area (Å²) in [7, 11) is 5.88. The van der Waals surface area contributed by atoms with Gasteiger partial charge in [-0.25, -0.2) is 0 Å². The summed E-state index contributed by atoms with van der Waals surface area (Å²) in [6.07, 6.45) is 5.21. The number of aliphatic hydroxyl groups excluding tert-OH is 1. The van der Waals surface area contributed by atoms with Crippen LogP contribution in [0.5, 0.6) is 17.2 Å². The van der Waals surface area contributed by atoms with Gasteiger partial charge in [0.1, 0.15) is 24.0 Å². The van der Waals surface area contributed by atoms with Gasteiger partial charge in [-0.15, -0.1) is 0 Å². The first-order valence-electron chi connectivity index (χ1n) is 19.1. The van der Waals surface area contributed by atoms with E-state index in [0.717, 1.165) is 52.8 Å². The van der Waals surface area contributed by atoms with Crippen LogP contribution >= 0.6 is 0 Å². The second-order valence-electron chi connectivity index (χ2n) is 16.1. The molecule has 3 heterocycles. The van der Waals surface area contributed by atoms with Crippen molar-refractivity contribution in [1.82, 2.24) is 20.0 Å². The van der Waals surface area contributed by atoms with E-state index in [0.29, 0.717) is 36.9 Å². The summed E-state index contributed by atoms with van der Waals surface area (Å²) >= 11 is 0. The number of aryl methyl sites for hydroxylation is 2. The number of phenolic OH excluding ortho intramolecular Hbond substituents is 1. The summed E-state index contributed by atoms with van der Waals surface area (Å²) in [5.74, 6) is 0.276. The van der Waals surface area contributed by atoms with E-state index in [1.54, 1.807) is 23.1 Å². The number of phenols is 1. The van der Waals surface area contributed by atoms with Gasteiger partial charge in [-0.1, -0.05) is 42.5 Å². The molecule has 284 valence electrons. The molecule has 0 unspecified atom stereocenters. The number of hydrogen-bond donors (Lipinski definition) is 3. The van der Waals surface area contributed by atoms with Crippen LogP contribution in [0.15, 0.2) is 60.7 Å². The zero-order valence-corrected chi connectivity index (χ0v) is 31.7. The second kappa shape index (κ2) is 13.9. The van der Waals surface area contributed by atoms with Gasteiger partial charge in [-0.2, -0.15) is 0 Å². The van der Waals surface area contributed by atoms with Crippen LogP contribution in [0.3, 0.4) is 0 Å². The van der Waals surface area contributed by atoms with Gasteiger partial charge in [0.25, 0.3) is 0 Å². The van der Waals surface area contributed by atoms with Crippen molar-refractivity contribution in [2.45, 2.75) is 88.2 Å². The molecule has 11 nitrogen and oxygen atoms in total. The van der Waals surface area contributed by atoms with E-state index in [2.05, 4.69) is 23.3 Å². The van der Waals surface area contributed by atoms with Crippen LogP contribution in [0.4, 0.5) is 0 Å². The summed E-state index contributed by atoms with van der Waals surface area (Å²) in [5, 5.41) is 24.1. The Morgan fingerprint density at radius 1 is 1.04 bits per heavy atom. The van der Waals surface area contributed by atoms with E-state index in [-0.39, 0.29) is 41.9 Å². The Morgan fingerprint density at radius 3 is 2.52 bits per heavy atom. The Kier molecular flexibility index (Phi) is 9.31. The van der Waals surface area contributed by atoms with Crippen LogP contribution in [-0.2, 0) is 45.6 Å². The molecule has 2 bridgehead atoms. The van der Waals surface area contributed by atoms with Gasteiger partial charge in [0.05, 0.1) is 12.5 Å². The maximum absolute atomic E-state index is 14.4. The summed E-state index contributed by atoms with van der Waals surface area (Å²) in [4.78, 5) is 47.6. The maximum atomic E-state index is 14.4. The number of nitrogens with zero attached hydrogens (tertiary/aromatic N) is 3. The summed E-state index contributed by atoms with van der Waals surface area (Å²) in [6, 6.07) is 14.1. The summed E-state index contributed by atoms with van der Waals surface area (Å²) in [5.41, 5.74) is 6.68. The van der Waals surface area contributed by atoms with Crippen molar-refractivity contribution in [3.63, 3.8) is 0 Å². The molecule has 8 rings (SSSR count). The number of likely N-dealkylation sites (N-methyl/N-ethyl adjacent to an activating group) is 2. The summed E-state index contributed by atoms with van der Waals surface area (Å²) in [6.45, 7) is 5.08. The standard InChI is InChI=1S/C43H50N4O7/c1-24-18-29(48)19-25(2)30(24)22-34(45(3)4)42(52)47-23-28-9-7-6-8-26(28)20-33(47)41(51)44-16-14-37(50)53-36-13-10-27-21-32-31-11-12-35(49)40-43(31,15-17-46(32)5)38(27)39(36)54-40/h6-13,18-19,31-35,40,48-49H,14-17,20-23H2,1-5H3,(H,44,51)/t31-,32+,33-,34-,35-,40-,43-/m0/s1. The molecule has 3 N–H and O–H groups in total. The van der Waals surface area contributed by atoms with E-state index in [9.17, 15) is 24.6 Å². The largest absolute Gasteiger partial charge is 0.508 e. The molecule has 5 aliphatic rings. The van der Waals surface area contributed by atoms with Gasteiger partial charge in [0.15, 0.2) is 11.5 Å². The van der Waals surface area contributed by atoms with E-state index < -0.39 is 30.3 Å². The van der Waals surface area contributed by atoms with Crippen LogP contribution < -0.4 is 14.8 Å². The van der Waals surface area contributed by atoms with E-state index in [1.807, 2.05) is 69.3 Å². The number of piperidine rings is 1. The Bertz CT molecular complexity index is 2020. The monoisotopic (exact) mass is 734 g/mol. The van der Waals surface area contributed by atoms with Crippen LogP contribution in [0.1, 0.15) is 51.8 Å². The van der Waals surface area contributed by atoms with Gasteiger partial charge in [0.2, 0.25) is 11.8 Å². The highest BCUT2D eigenvalue weighted by Crippen LogP contribution is 2.62. The second-order valence-corrected chi connectivity index (χ2v) is 16.1. The number of aliphatic hydroxyl groups is 1. The van der Waals surface area contributed by atoms with Crippen LogP contribution in [-0.4, -0.2) is 107 Å². The predicted octanol–water partition coefficient (Wildman–Crippen LogP) is 3.35. The molecule has 0 saturated carbocycles. The Labute approximate surface area is 316 Å². The average Bonchev–Trinajstić information content (AvgIpc) is 3.49. The van der Waals surface area contributed by atoms with Gasteiger partial charge in [0, 0.05) is 42.4 Å². The normalized spacial score (nSPS) is 26.8. The topological polar surface area (TPSA) is 132 Å². The number of rotatable bonds is 9. The van der Waals surface area contributed by atoms with Gasteiger partial charge in [-0.3, -0.25) is 19.3 Å². The van der Waals surface area contributed by atoms with E-state index in [1.165, 1.54) is 5.56 Å². The highest BCUT2D eigenvalue weighted by molar-refractivity contribution is 5.91. The first-order chi connectivity index (χ1) is 25.9. The Balaban J connectivity index is 0.966. The van der Waals surface area contributed by atoms with Gasteiger partial charge in [-0.05, 0) is 112 Å². The first kappa shape index (κ1) is 36.3. The Morgan fingerprint density at radius 2 is 1.78 bits per heavy atom. The maximum Gasteiger partial charge on any atom is 0.313 e. The minimum atomic E-state index is -0.767. The third-order valence-electron chi connectivity index (χ3n) is 12.8. The van der Waals surface area contributed by atoms with Crippen LogP contribution in [0, 0.1) is 19.8 Å². The van der Waals surface area contributed by atoms with Crippen molar-refractivity contribution in [2.75, 3.05) is 34.2 Å². The molecule has 11 heteroatoms. The molecule has 7 atom stereocenters. The molecule has 54 heavy (non-hydrogen) atoms. The van der Waals surface area contributed by atoms with Crippen molar-refractivity contribution >= 4 is 17.8 Å². The molecule has 1 spiro atoms. The minimum absolute atomic E-state index is 0.0350. The number of carbonyl (C=O) groups is 3. The minimum Gasteiger partial charge on any atom is -0.508 e. The number of carbonyl (C=O) groups excluding carboxylic acids is 3. The highest BCUT2D eigenvalue weighted by Gasteiger charge is 2.64. The molecule has 1 saturated heterocycles. The fraction of sp³-hybridized carbons (Fsp3) is 0.465. The summed E-state index contributed by atoms with van der Waals surface area (Å²) < 4.78 is 12.4. The van der Waals surface area contributed by atoms with Crippen molar-refractivity contribution in [1.29, 1.82) is 0 Å². The molecule has 0 aromatic heterocycles. The first-order valence-corrected chi connectivity index (χ1v) is 19.1. The zero-order chi connectivity index (χ0) is 38.1. The lowest BCUT2D eigenvalue weighted by molar-refractivity contribution is -0.145. The SMILES string of the molecule is Cc1cc(O)cc(C)c1C[C@@H](C(=O)N1Cc2ccccc2C[C@H]1C(=O)NCCC(=O)Oc1ccc2c3c1O[C@H]1[C@@H](O)C=C[C@H]4[C@@H](C2)N(C)CC[C@@]341)N(C)C. The van der Waals surface area contributed by atoms with Crippen molar-refractivity contribution in [3.05, 3.63) is 99.6 Å². The molecule has 2 amide bonds. The lowest BCUT2D eigenvalue weighted by atomic mass is 9.53. The third kappa shape index (κ3) is 5.97. The smallest absolute Gasteiger partial charge is 0.313 e. The van der Waals surface area contributed by atoms with Crippen LogP contribution in [0.2, 0.25) is 0 Å². The number of benzene rings is 3. The lowest BCUT2D eigenvalue weighted by Gasteiger charge is -2.56. The number of hydrogen-bond acceptors (Lipinski definition) is 9. The highest BCUT2D eigenvalue weighted by atomic mass is 16.6. The zero-order valence-electron chi connectivity index (χ0n) is 31.7. The molecule has 1 fully saturated rings. The number of esters is 1. The van der Waals surface area contributed by atoms with Crippen molar-refractivity contribution < 1.29 is 34.1 Å². The number of nitrogens with one attached hydrogen (secondary N) is 1. The fourth-order valence-corrected chi connectivity index (χ4v) is 10.0. The van der Waals surface area contributed by atoms with Gasteiger partial charge >= 0.3 is 5.97 Å².